The molecule has 1 heterocycles. The van der Waals surface area contributed by atoms with Crippen LogP contribution in [-0.4, -0.2) is 19.8 Å². The predicted molar refractivity (Wildman–Crippen MR) is 74.1 cm³/mol. The van der Waals surface area contributed by atoms with Gasteiger partial charge in [0.2, 0.25) is 0 Å². The molecule has 1 N–H and O–H groups in total. The molecule has 2 nitrogen and oxygen atoms in total. The van der Waals surface area contributed by atoms with Crippen LogP contribution in [0, 0.1) is 0 Å². The topological polar surface area (TPSA) is 21.3 Å². The van der Waals surface area contributed by atoms with Crippen molar-refractivity contribution in [1.82, 2.24) is 5.32 Å². The highest BCUT2D eigenvalue weighted by Crippen LogP contribution is 2.21. The lowest BCUT2D eigenvalue weighted by atomic mass is 10.3. The molecule has 1 rings (SSSR count). The number of thiophene rings is 1. The Hall–Kier alpha value is 0.1000. The number of unbranched alkanes of at least 4 members (excludes halogenated alkanes) is 1. The molecule has 1 aromatic rings. The molecule has 0 saturated carbocycles. The van der Waals surface area contributed by atoms with E-state index in [9.17, 15) is 0 Å². The number of ether oxygens (including phenoxy) is 1. The summed E-state index contributed by atoms with van der Waals surface area (Å²) in [6.45, 7) is 5.96. The van der Waals surface area contributed by atoms with Crippen LogP contribution in [0.15, 0.2) is 15.9 Å². The fourth-order valence-corrected chi connectivity index (χ4v) is 2.76. The third-order valence-corrected chi connectivity index (χ3v) is 3.84. The molecule has 0 radical (unpaired) electrons. The van der Waals surface area contributed by atoms with Crippen molar-refractivity contribution in [2.24, 2.45) is 0 Å². The van der Waals surface area contributed by atoms with Crippen LogP contribution in [0.1, 0.15) is 31.1 Å². The molecule has 0 unspecified atom stereocenters. The van der Waals surface area contributed by atoms with Gasteiger partial charge in [-0.2, -0.15) is 0 Å². The number of hydrogen-bond donors (Lipinski definition) is 1. The molecular weight excluding hydrogens is 286 g/mol. The zero-order valence-corrected chi connectivity index (χ0v) is 12.2. The minimum Gasteiger partial charge on any atom is -0.381 e. The summed E-state index contributed by atoms with van der Waals surface area (Å²) in [7, 11) is 0. The van der Waals surface area contributed by atoms with E-state index in [4.69, 9.17) is 4.74 Å². The van der Waals surface area contributed by atoms with Crippen LogP contribution in [0.4, 0.5) is 0 Å². The van der Waals surface area contributed by atoms with Gasteiger partial charge in [-0.15, -0.1) is 11.3 Å². The number of hydrogen-bond acceptors (Lipinski definition) is 3. The van der Waals surface area contributed by atoms with Gasteiger partial charge in [-0.3, -0.25) is 0 Å². The van der Waals surface area contributed by atoms with Crippen molar-refractivity contribution < 1.29 is 4.74 Å². The van der Waals surface area contributed by atoms with Crippen LogP contribution in [0.25, 0.3) is 0 Å². The second-order valence-corrected chi connectivity index (χ2v) is 6.25. The van der Waals surface area contributed by atoms with E-state index >= 15 is 0 Å². The van der Waals surface area contributed by atoms with Gasteiger partial charge < -0.3 is 10.1 Å². The molecule has 0 aliphatic rings. The summed E-state index contributed by atoms with van der Waals surface area (Å²) in [6, 6.07) is 4.25. The summed E-state index contributed by atoms with van der Waals surface area (Å²) in [4.78, 5) is 1.37. The van der Waals surface area contributed by atoms with Crippen molar-refractivity contribution in [3.8, 4) is 0 Å². The monoisotopic (exact) mass is 305 g/mol. The van der Waals surface area contributed by atoms with Crippen molar-refractivity contribution in [3.63, 3.8) is 0 Å². The SMILES string of the molecule is CCCCOCCCNCc1ccc(Br)s1. The van der Waals surface area contributed by atoms with Gasteiger partial charge in [-0.25, -0.2) is 0 Å². The van der Waals surface area contributed by atoms with Gasteiger partial charge in [0.05, 0.1) is 3.79 Å². The first kappa shape index (κ1) is 14.2. The molecule has 4 heteroatoms. The molecule has 92 valence electrons. The Morgan fingerprint density at radius 2 is 2.12 bits per heavy atom. The maximum absolute atomic E-state index is 5.49. The third kappa shape index (κ3) is 6.63. The molecule has 1 aromatic heterocycles. The fourth-order valence-electron chi connectivity index (χ4n) is 1.31. The minimum atomic E-state index is 0.876. The van der Waals surface area contributed by atoms with Crippen molar-refractivity contribution in [1.29, 1.82) is 0 Å². The second-order valence-electron chi connectivity index (χ2n) is 3.70. The molecule has 0 amide bonds. The van der Waals surface area contributed by atoms with Crippen LogP contribution in [-0.2, 0) is 11.3 Å². The summed E-state index contributed by atoms with van der Waals surface area (Å²) >= 11 is 5.25. The standard InChI is InChI=1S/C12H20BrNOS/c1-2-3-8-15-9-4-7-14-10-11-5-6-12(13)16-11/h5-6,14H,2-4,7-10H2,1H3. The zero-order valence-electron chi connectivity index (χ0n) is 9.80. The number of halogens is 1. The Labute approximate surface area is 111 Å². The third-order valence-electron chi connectivity index (χ3n) is 2.21. The van der Waals surface area contributed by atoms with Crippen molar-refractivity contribution in [2.45, 2.75) is 32.7 Å². The van der Waals surface area contributed by atoms with Crippen LogP contribution >= 0.6 is 27.3 Å². The summed E-state index contributed by atoms with van der Waals surface area (Å²) in [5.41, 5.74) is 0. The first-order valence-electron chi connectivity index (χ1n) is 5.85. The molecule has 0 bridgehead atoms. The van der Waals surface area contributed by atoms with E-state index < -0.39 is 0 Å². The Morgan fingerprint density at radius 1 is 1.31 bits per heavy atom. The van der Waals surface area contributed by atoms with Gasteiger partial charge in [0.15, 0.2) is 0 Å². The Kier molecular flexibility index (Phi) is 8.11. The first-order valence-corrected chi connectivity index (χ1v) is 7.46. The molecule has 0 aliphatic carbocycles. The molecule has 0 spiro atoms. The van der Waals surface area contributed by atoms with Crippen LogP contribution < -0.4 is 5.32 Å². The molecular formula is C12H20BrNOS. The lowest BCUT2D eigenvalue weighted by Gasteiger charge is -2.04. The van der Waals surface area contributed by atoms with E-state index in [-0.39, 0.29) is 0 Å². The summed E-state index contributed by atoms with van der Waals surface area (Å²) < 4.78 is 6.69. The maximum Gasteiger partial charge on any atom is 0.0701 e. The molecule has 0 atom stereocenters. The molecule has 0 aliphatic heterocycles. The quantitative estimate of drug-likeness (QED) is 0.701. The smallest absolute Gasteiger partial charge is 0.0701 e. The summed E-state index contributed by atoms with van der Waals surface area (Å²) in [5.74, 6) is 0. The lowest BCUT2D eigenvalue weighted by Crippen LogP contribution is -2.15. The zero-order chi connectivity index (χ0) is 11.6. The van der Waals surface area contributed by atoms with E-state index in [0.29, 0.717) is 0 Å². The number of nitrogens with one attached hydrogen (secondary N) is 1. The summed E-state index contributed by atoms with van der Waals surface area (Å²) in [6.07, 6.45) is 3.48. The van der Waals surface area contributed by atoms with Crippen LogP contribution in [0.5, 0.6) is 0 Å². The van der Waals surface area contributed by atoms with Gasteiger partial charge in [0, 0.05) is 24.6 Å². The van der Waals surface area contributed by atoms with Crippen LogP contribution in [0.3, 0.4) is 0 Å². The lowest BCUT2D eigenvalue weighted by molar-refractivity contribution is 0.129. The first-order chi connectivity index (χ1) is 7.83. The fraction of sp³-hybridized carbons (Fsp3) is 0.667. The molecule has 0 saturated heterocycles. The molecule has 0 aromatic carbocycles. The van der Waals surface area contributed by atoms with Crippen molar-refractivity contribution in [2.75, 3.05) is 19.8 Å². The van der Waals surface area contributed by atoms with Gasteiger partial charge >= 0.3 is 0 Å². The van der Waals surface area contributed by atoms with Gasteiger partial charge in [0.1, 0.15) is 0 Å². The van der Waals surface area contributed by atoms with Gasteiger partial charge in [-0.05, 0) is 47.4 Å². The Balaban J connectivity index is 1.88. The maximum atomic E-state index is 5.49. The molecule has 16 heavy (non-hydrogen) atoms. The van der Waals surface area contributed by atoms with Gasteiger partial charge in [0.25, 0.3) is 0 Å². The van der Waals surface area contributed by atoms with E-state index in [1.807, 2.05) is 0 Å². The van der Waals surface area contributed by atoms with E-state index in [0.717, 1.165) is 32.7 Å². The average Bonchev–Trinajstić information content (AvgIpc) is 2.68. The average molecular weight is 306 g/mol. The molecule has 0 fully saturated rings. The highest BCUT2D eigenvalue weighted by Gasteiger charge is 1.96. The minimum absolute atomic E-state index is 0.876. The van der Waals surface area contributed by atoms with Crippen molar-refractivity contribution in [3.05, 3.63) is 20.8 Å². The predicted octanol–water partition coefficient (Wildman–Crippen LogP) is 3.81. The van der Waals surface area contributed by atoms with E-state index in [1.54, 1.807) is 11.3 Å². The van der Waals surface area contributed by atoms with Gasteiger partial charge in [-0.1, -0.05) is 13.3 Å². The number of rotatable bonds is 9. The Morgan fingerprint density at radius 3 is 2.81 bits per heavy atom. The van der Waals surface area contributed by atoms with E-state index in [1.165, 1.54) is 21.5 Å². The van der Waals surface area contributed by atoms with Crippen molar-refractivity contribution >= 4 is 27.3 Å². The summed E-state index contributed by atoms with van der Waals surface area (Å²) in [5, 5.41) is 3.42. The highest BCUT2D eigenvalue weighted by molar-refractivity contribution is 9.11. The normalized spacial score (nSPS) is 10.9. The second kappa shape index (κ2) is 9.16. The Bertz CT molecular complexity index is 278. The largest absolute Gasteiger partial charge is 0.381 e. The van der Waals surface area contributed by atoms with E-state index in [2.05, 4.69) is 40.3 Å². The van der Waals surface area contributed by atoms with Crippen LogP contribution in [0.2, 0.25) is 0 Å². The highest BCUT2D eigenvalue weighted by atomic mass is 79.9.